The molecule has 0 spiro atoms. The molecule has 0 aromatic carbocycles. The maximum atomic E-state index is 12.2. The van der Waals surface area contributed by atoms with Crippen LogP contribution in [0.2, 0.25) is 0 Å². The fourth-order valence-corrected chi connectivity index (χ4v) is 3.82. The van der Waals surface area contributed by atoms with Gasteiger partial charge in [-0.2, -0.15) is 0 Å². The van der Waals surface area contributed by atoms with Crippen LogP contribution < -0.4 is 5.32 Å². The number of nitrogens with zero attached hydrogens (tertiary/aromatic N) is 1. The van der Waals surface area contributed by atoms with Gasteiger partial charge in [0.05, 0.1) is 0 Å². The first-order valence-electron chi connectivity index (χ1n) is 8.36. The highest BCUT2D eigenvalue weighted by Gasteiger charge is 2.39. The molecule has 0 aliphatic heterocycles. The van der Waals surface area contributed by atoms with Crippen LogP contribution in [0.3, 0.4) is 0 Å². The minimum atomic E-state index is 0.189. The second kappa shape index (κ2) is 6.20. The molecule has 0 heterocycles. The number of hydrogen-bond donors (Lipinski definition) is 1. The van der Waals surface area contributed by atoms with Crippen molar-refractivity contribution in [3.05, 3.63) is 12.2 Å². The van der Waals surface area contributed by atoms with Gasteiger partial charge in [-0.3, -0.25) is 9.59 Å². The lowest BCUT2D eigenvalue weighted by atomic mass is 9.84. The van der Waals surface area contributed by atoms with Gasteiger partial charge >= 0.3 is 0 Å². The monoisotopic (exact) mass is 290 g/mol. The maximum Gasteiger partial charge on any atom is 0.225 e. The summed E-state index contributed by atoms with van der Waals surface area (Å²) in [6, 6.07) is 0. The quantitative estimate of drug-likeness (QED) is 0.600. The van der Waals surface area contributed by atoms with Crippen molar-refractivity contribution in [2.75, 3.05) is 20.1 Å². The molecular formula is C17H26N2O2. The number of carbonyl (C=O) groups is 2. The fourth-order valence-electron chi connectivity index (χ4n) is 3.82. The van der Waals surface area contributed by atoms with Gasteiger partial charge in [-0.15, -0.1) is 0 Å². The highest BCUT2D eigenvalue weighted by atomic mass is 16.2. The van der Waals surface area contributed by atoms with Gasteiger partial charge in [0.1, 0.15) is 0 Å². The largest absolute Gasteiger partial charge is 0.356 e. The molecule has 4 heteroatoms. The average molecular weight is 290 g/mol. The summed E-state index contributed by atoms with van der Waals surface area (Å²) < 4.78 is 0. The summed E-state index contributed by atoms with van der Waals surface area (Å²) in [6.45, 7) is 1.42. The van der Waals surface area contributed by atoms with Crippen LogP contribution in [0.4, 0.5) is 0 Å². The number of carbonyl (C=O) groups excluding carboxylic acids is 2. The minimum Gasteiger partial charge on any atom is -0.356 e. The Kier molecular flexibility index (Phi) is 4.32. The molecule has 0 saturated heterocycles. The summed E-state index contributed by atoms with van der Waals surface area (Å²) in [5.41, 5.74) is 0. The summed E-state index contributed by atoms with van der Waals surface area (Å²) >= 11 is 0. The predicted octanol–water partition coefficient (Wildman–Crippen LogP) is 1.96. The maximum absolute atomic E-state index is 12.2. The molecule has 2 saturated carbocycles. The first-order valence-corrected chi connectivity index (χ1v) is 8.36. The summed E-state index contributed by atoms with van der Waals surface area (Å²) in [5, 5.41) is 3.05. The molecule has 21 heavy (non-hydrogen) atoms. The van der Waals surface area contributed by atoms with Crippen molar-refractivity contribution >= 4 is 11.8 Å². The molecule has 3 atom stereocenters. The van der Waals surface area contributed by atoms with Crippen LogP contribution in [0, 0.1) is 23.7 Å². The molecule has 2 bridgehead atoms. The van der Waals surface area contributed by atoms with Crippen LogP contribution in [-0.4, -0.2) is 36.9 Å². The third-order valence-corrected chi connectivity index (χ3v) is 5.42. The Labute approximate surface area is 127 Å². The van der Waals surface area contributed by atoms with E-state index in [2.05, 4.69) is 17.5 Å². The Morgan fingerprint density at radius 3 is 2.62 bits per heavy atom. The molecule has 2 fully saturated rings. The Bertz CT molecular complexity index is 442. The van der Waals surface area contributed by atoms with Gasteiger partial charge in [-0.25, -0.2) is 0 Å². The number of hydrogen-bond acceptors (Lipinski definition) is 2. The molecule has 0 radical (unpaired) electrons. The van der Waals surface area contributed by atoms with E-state index < -0.39 is 0 Å². The molecule has 3 aliphatic carbocycles. The van der Waals surface area contributed by atoms with Crippen molar-refractivity contribution < 1.29 is 9.59 Å². The van der Waals surface area contributed by atoms with Crippen molar-refractivity contribution in [3.63, 3.8) is 0 Å². The van der Waals surface area contributed by atoms with Crippen LogP contribution in [0.5, 0.6) is 0 Å². The number of rotatable bonds is 6. The zero-order valence-corrected chi connectivity index (χ0v) is 12.9. The average Bonchev–Trinajstić information content (AvgIpc) is 3.03. The Morgan fingerprint density at radius 1 is 1.24 bits per heavy atom. The van der Waals surface area contributed by atoms with E-state index in [-0.39, 0.29) is 23.7 Å². The molecule has 3 rings (SSSR count). The molecule has 3 aliphatic rings. The molecule has 0 aromatic heterocycles. The van der Waals surface area contributed by atoms with Gasteiger partial charge in [-0.05, 0) is 43.9 Å². The van der Waals surface area contributed by atoms with Crippen molar-refractivity contribution in [2.24, 2.45) is 23.7 Å². The van der Waals surface area contributed by atoms with Crippen LogP contribution >= 0.6 is 0 Å². The first-order chi connectivity index (χ1) is 10.1. The lowest BCUT2D eigenvalue weighted by Gasteiger charge is -2.29. The molecular weight excluding hydrogens is 264 g/mol. The summed E-state index contributed by atoms with van der Waals surface area (Å²) in [6.07, 6.45) is 10.8. The van der Waals surface area contributed by atoms with Crippen molar-refractivity contribution in [2.45, 2.75) is 38.5 Å². The van der Waals surface area contributed by atoms with E-state index >= 15 is 0 Å². The van der Waals surface area contributed by atoms with Crippen molar-refractivity contribution in [1.29, 1.82) is 0 Å². The van der Waals surface area contributed by atoms with Gasteiger partial charge < -0.3 is 10.2 Å². The SMILES string of the molecule is CN(CCCNC(=O)[C@H]1C[C@@H]2C=C[C@H]1C2)C(=O)C1CCC1. The number of fused-ring (bicyclic) bond motifs is 2. The molecule has 0 unspecified atom stereocenters. The van der Waals surface area contributed by atoms with Crippen LogP contribution in [0.15, 0.2) is 12.2 Å². The summed E-state index contributed by atoms with van der Waals surface area (Å²) in [4.78, 5) is 26.0. The lowest BCUT2D eigenvalue weighted by Crippen LogP contribution is -2.38. The third kappa shape index (κ3) is 3.14. The lowest BCUT2D eigenvalue weighted by molar-refractivity contribution is -0.136. The van der Waals surface area contributed by atoms with E-state index in [9.17, 15) is 9.59 Å². The fraction of sp³-hybridized carbons (Fsp3) is 0.765. The topological polar surface area (TPSA) is 49.4 Å². The van der Waals surface area contributed by atoms with E-state index in [4.69, 9.17) is 0 Å². The summed E-state index contributed by atoms with van der Waals surface area (Å²) in [5.74, 6) is 2.06. The van der Waals surface area contributed by atoms with E-state index in [0.717, 1.165) is 38.6 Å². The number of allylic oxidation sites excluding steroid dienone is 2. The second-order valence-corrected chi connectivity index (χ2v) is 6.92. The Hall–Kier alpha value is -1.32. The third-order valence-electron chi connectivity index (χ3n) is 5.42. The van der Waals surface area contributed by atoms with Crippen LogP contribution in [0.1, 0.15) is 38.5 Å². The minimum absolute atomic E-state index is 0.189. The van der Waals surface area contributed by atoms with Gasteiger partial charge in [0.2, 0.25) is 11.8 Å². The van der Waals surface area contributed by atoms with Crippen LogP contribution in [0.25, 0.3) is 0 Å². The zero-order valence-electron chi connectivity index (χ0n) is 12.9. The van der Waals surface area contributed by atoms with E-state index in [1.807, 2.05) is 11.9 Å². The van der Waals surface area contributed by atoms with Gasteiger partial charge in [0.15, 0.2) is 0 Å². The highest BCUT2D eigenvalue weighted by molar-refractivity contribution is 5.80. The first kappa shape index (κ1) is 14.6. The normalized spacial score (nSPS) is 30.2. The van der Waals surface area contributed by atoms with E-state index in [1.165, 1.54) is 6.42 Å². The van der Waals surface area contributed by atoms with Gasteiger partial charge in [-0.1, -0.05) is 18.6 Å². The van der Waals surface area contributed by atoms with Crippen LogP contribution in [-0.2, 0) is 9.59 Å². The van der Waals surface area contributed by atoms with Crippen molar-refractivity contribution in [3.8, 4) is 0 Å². The van der Waals surface area contributed by atoms with E-state index in [1.54, 1.807) is 0 Å². The summed E-state index contributed by atoms with van der Waals surface area (Å²) in [7, 11) is 1.88. The zero-order chi connectivity index (χ0) is 14.8. The molecule has 0 aromatic rings. The molecule has 4 nitrogen and oxygen atoms in total. The number of amides is 2. The molecule has 116 valence electrons. The van der Waals surface area contributed by atoms with Gasteiger partial charge in [0, 0.05) is 32.0 Å². The van der Waals surface area contributed by atoms with Crippen molar-refractivity contribution in [1.82, 2.24) is 10.2 Å². The van der Waals surface area contributed by atoms with Gasteiger partial charge in [0.25, 0.3) is 0 Å². The Morgan fingerprint density at radius 2 is 2.05 bits per heavy atom. The number of nitrogens with one attached hydrogen (secondary N) is 1. The highest BCUT2D eigenvalue weighted by Crippen LogP contribution is 2.43. The smallest absolute Gasteiger partial charge is 0.225 e. The Balaban J connectivity index is 1.32. The second-order valence-electron chi connectivity index (χ2n) is 6.92. The molecule has 1 N–H and O–H groups in total. The predicted molar refractivity (Wildman–Crippen MR) is 81.4 cm³/mol. The standard InChI is InChI=1S/C17H26N2O2/c1-19(17(21)13-4-2-5-13)9-3-8-18-16(20)15-11-12-6-7-14(15)10-12/h6-7,12-15H,2-5,8-11H2,1H3,(H,18,20)/t12-,14+,15+/m1/s1. The molecule has 2 amide bonds. The van der Waals surface area contributed by atoms with E-state index in [0.29, 0.717) is 18.4 Å².